The summed E-state index contributed by atoms with van der Waals surface area (Å²) in [6.45, 7) is 2.87. The monoisotopic (exact) mass is 318 g/mol. The van der Waals surface area contributed by atoms with E-state index in [-0.39, 0.29) is 11.8 Å². The van der Waals surface area contributed by atoms with Crippen LogP contribution in [0.1, 0.15) is 56.9 Å². The lowest BCUT2D eigenvalue weighted by Gasteiger charge is -2.26. The van der Waals surface area contributed by atoms with Crippen molar-refractivity contribution in [3.05, 3.63) is 35.9 Å². The number of rotatable bonds is 9. The molecule has 1 aliphatic carbocycles. The normalized spacial score (nSPS) is 21.6. The van der Waals surface area contributed by atoms with Crippen LogP contribution in [0.4, 0.5) is 0 Å². The van der Waals surface area contributed by atoms with Gasteiger partial charge in [0.15, 0.2) is 0 Å². The number of carbonyl (C=O) groups is 2. The Morgan fingerprint density at radius 2 is 2.04 bits per heavy atom. The van der Waals surface area contributed by atoms with Gasteiger partial charge >= 0.3 is 5.97 Å². The second-order valence-corrected chi connectivity index (χ2v) is 6.14. The van der Waals surface area contributed by atoms with Gasteiger partial charge in [0.1, 0.15) is 0 Å². The average Bonchev–Trinajstić information content (AvgIpc) is 3.06. The highest BCUT2D eigenvalue weighted by molar-refractivity contribution is 5.76. The minimum atomic E-state index is -0.790. The highest BCUT2D eigenvalue weighted by Crippen LogP contribution is 2.42. The first-order chi connectivity index (χ1) is 11.3. The SMILES string of the molecule is CCCCCOC(=O)C(OC=O)C1CCCC1c1ccccc1. The molecule has 0 spiro atoms. The Labute approximate surface area is 138 Å². The van der Waals surface area contributed by atoms with Gasteiger partial charge in [-0.15, -0.1) is 0 Å². The predicted molar refractivity (Wildman–Crippen MR) is 87.9 cm³/mol. The molecule has 126 valence electrons. The van der Waals surface area contributed by atoms with E-state index in [1.54, 1.807) is 0 Å². The fourth-order valence-electron chi connectivity index (χ4n) is 3.46. The van der Waals surface area contributed by atoms with E-state index < -0.39 is 12.1 Å². The van der Waals surface area contributed by atoms with Crippen LogP contribution in [-0.4, -0.2) is 25.2 Å². The first-order valence-corrected chi connectivity index (χ1v) is 8.58. The third-order valence-electron chi connectivity index (χ3n) is 4.61. The molecule has 4 nitrogen and oxygen atoms in total. The van der Waals surface area contributed by atoms with Crippen LogP contribution in [0.5, 0.6) is 0 Å². The van der Waals surface area contributed by atoms with E-state index in [0.29, 0.717) is 13.1 Å². The number of carbonyl (C=O) groups excluding carboxylic acids is 2. The molecule has 4 heteroatoms. The van der Waals surface area contributed by atoms with E-state index in [9.17, 15) is 9.59 Å². The molecule has 3 atom stereocenters. The Hall–Kier alpha value is -1.84. The summed E-state index contributed by atoms with van der Waals surface area (Å²) >= 11 is 0. The Bertz CT molecular complexity index is 485. The highest BCUT2D eigenvalue weighted by atomic mass is 16.6. The molecule has 0 saturated heterocycles. The molecule has 1 aromatic carbocycles. The Morgan fingerprint density at radius 3 is 2.74 bits per heavy atom. The van der Waals surface area contributed by atoms with Gasteiger partial charge < -0.3 is 9.47 Å². The fourth-order valence-corrected chi connectivity index (χ4v) is 3.46. The zero-order valence-corrected chi connectivity index (χ0v) is 13.8. The summed E-state index contributed by atoms with van der Waals surface area (Å²) in [4.78, 5) is 23.2. The summed E-state index contributed by atoms with van der Waals surface area (Å²) in [5.41, 5.74) is 1.20. The molecule has 0 aliphatic heterocycles. The van der Waals surface area contributed by atoms with Crippen molar-refractivity contribution in [1.82, 2.24) is 0 Å². The number of benzene rings is 1. The number of ether oxygens (including phenoxy) is 2. The summed E-state index contributed by atoms with van der Waals surface area (Å²) in [6, 6.07) is 10.1. The molecular weight excluding hydrogens is 292 g/mol. The lowest BCUT2D eigenvalue weighted by atomic mass is 9.85. The number of unbranched alkanes of at least 4 members (excludes halogenated alkanes) is 2. The minimum absolute atomic E-state index is 0.00118. The molecule has 0 radical (unpaired) electrons. The molecule has 3 unspecified atom stereocenters. The van der Waals surface area contributed by atoms with Gasteiger partial charge in [-0.2, -0.15) is 0 Å². The number of hydrogen-bond acceptors (Lipinski definition) is 4. The zero-order valence-electron chi connectivity index (χ0n) is 13.8. The van der Waals surface area contributed by atoms with Gasteiger partial charge in [0.05, 0.1) is 6.61 Å². The third kappa shape index (κ3) is 4.81. The van der Waals surface area contributed by atoms with E-state index >= 15 is 0 Å². The summed E-state index contributed by atoms with van der Waals surface area (Å²) in [5.74, 6) is -0.161. The summed E-state index contributed by atoms with van der Waals surface area (Å²) in [5, 5.41) is 0. The number of hydrogen-bond donors (Lipinski definition) is 0. The van der Waals surface area contributed by atoms with E-state index in [0.717, 1.165) is 38.5 Å². The van der Waals surface area contributed by atoms with Crippen molar-refractivity contribution >= 4 is 12.4 Å². The van der Waals surface area contributed by atoms with Crippen molar-refractivity contribution in [2.45, 2.75) is 57.5 Å². The van der Waals surface area contributed by atoms with Crippen LogP contribution in [-0.2, 0) is 19.1 Å². The molecule has 0 N–H and O–H groups in total. The molecule has 2 rings (SSSR count). The molecule has 1 fully saturated rings. The summed E-state index contributed by atoms with van der Waals surface area (Å²) in [7, 11) is 0. The van der Waals surface area contributed by atoms with Crippen molar-refractivity contribution in [3.63, 3.8) is 0 Å². The molecule has 0 heterocycles. The van der Waals surface area contributed by atoms with Crippen LogP contribution in [0.3, 0.4) is 0 Å². The van der Waals surface area contributed by atoms with Crippen molar-refractivity contribution in [1.29, 1.82) is 0 Å². The maximum Gasteiger partial charge on any atom is 0.347 e. The highest BCUT2D eigenvalue weighted by Gasteiger charge is 2.40. The Balaban J connectivity index is 2.03. The van der Waals surface area contributed by atoms with Gasteiger partial charge in [0.2, 0.25) is 6.10 Å². The first-order valence-electron chi connectivity index (χ1n) is 8.58. The van der Waals surface area contributed by atoms with Gasteiger partial charge in [-0.05, 0) is 30.7 Å². The van der Waals surface area contributed by atoms with Gasteiger partial charge in [0.25, 0.3) is 6.47 Å². The molecule has 1 aliphatic rings. The van der Waals surface area contributed by atoms with Crippen molar-refractivity contribution in [2.75, 3.05) is 6.61 Å². The maximum absolute atomic E-state index is 12.4. The third-order valence-corrected chi connectivity index (χ3v) is 4.61. The van der Waals surface area contributed by atoms with Gasteiger partial charge in [0, 0.05) is 5.92 Å². The molecule has 0 aromatic heterocycles. The predicted octanol–water partition coefficient (Wildman–Crippen LogP) is 3.85. The molecule has 1 aromatic rings. The van der Waals surface area contributed by atoms with Crippen LogP contribution in [0.15, 0.2) is 30.3 Å². The van der Waals surface area contributed by atoms with Crippen LogP contribution >= 0.6 is 0 Å². The van der Waals surface area contributed by atoms with Crippen LogP contribution < -0.4 is 0 Å². The second-order valence-electron chi connectivity index (χ2n) is 6.14. The Morgan fingerprint density at radius 1 is 1.26 bits per heavy atom. The summed E-state index contributed by atoms with van der Waals surface area (Å²) < 4.78 is 10.5. The average molecular weight is 318 g/mol. The largest absolute Gasteiger partial charge is 0.463 e. The van der Waals surface area contributed by atoms with Crippen LogP contribution in [0.25, 0.3) is 0 Å². The first kappa shape index (κ1) is 17.5. The van der Waals surface area contributed by atoms with Gasteiger partial charge in [-0.3, -0.25) is 4.79 Å². The molecular formula is C19H26O4. The zero-order chi connectivity index (χ0) is 16.5. The van der Waals surface area contributed by atoms with E-state index in [1.165, 1.54) is 5.56 Å². The fraction of sp³-hybridized carbons (Fsp3) is 0.579. The van der Waals surface area contributed by atoms with Gasteiger partial charge in [-0.25, -0.2) is 4.79 Å². The summed E-state index contributed by atoms with van der Waals surface area (Å²) in [6.07, 6.45) is 5.09. The van der Waals surface area contributed by atoms with Gasteiger partial charge in [-0.1, -0.05) is 56.5 Å². The quantitative estimate of drug-likeness (QED) is 0.394. The maximum atomic E-state index is 12.4. The lowest BCUT2D eigenvalue weighted by molar-refractivity contribution is -0.165. The van der Waals surface area contributed by atoms with Crippen molar-refractivity contribution in [2.24, 2.45) is 5.92 Å². The van der Waals surface area contributed by atoms with Crippen LogP contribution in [0, 0.1) is 5.92 Å². The molecule has 1 saturated carbocycles. The van der Waals surface area contributed by atoms with Crippen molar-refractivity contribution in [3.8, 4) is 0 Å². The molecule has 0 amide bonds. The van der Waals surface area contributed by atoms with Crippen LogP contribution in [0.2, 0.25) is 0 Å². The smallest absolute Gasteiger partial charge is 0.347 e. The van der Waals surface area contributed by atoms with E-state index in [4.69, 9.17) is 9.47 Å². The Kier molecular flexibility index (Phi) is 7.11. The molecule has 0 bridgehead atoms. The van der Waals surface area contributed by atoms with E-state index in [1.807, 2.05) is 18.2 Å². The standard InChI is InChI=1S/C19H26O4/c1-2-3-7-13-22-19(21)18(23-14-20)17-12-8-11-16(17)15-9-5-4-6-10-15/h4-6,9-10,14,16-18H,2-3,7-8,11-13H2,1H3. The second kappa shape index (κ2) is 9.33. The molecule has 23 heavy (non-hydrogen) atoms. The number of esters is 1. The lowest BCUT2D eigenvalue weighted by Crippen LogP contribution is -2.35. The van der Waals surface area contributed by atoms with Crippen molar-refractivity contribution < 1.29 is 19.1 Å². The minimum Gasteiger partial charge on any atom is -0.463 e. The topological polar surface area (TPSA) is 52.6 Å². The van der Waals surface area contributed by atoms with E-state index in [2.05, 4.69) is 19.1 Å².